The van der Waals surface area contributed by atoms with Gasteiger partial charge >= 0.3 is 0 Å². The van der Waals surface area contributed by atoms with E-state index in [1.165, 1.54) is 96.3 Å². The van der Waals surface area contributed by atoms with Gasteiger partial charge in [0.15, 0.2) is 0 Å². The highest BCUT2D eigenvalue weighted by atomic mass is 31.2. The molecule has 0 aromatic rings. The van der Waals surface area contributed by atoms with E-state index in [1.54, 1.807) is 6.08 Å². The van der Waals surface area contributed by atoms with E-state index < -0.39 is 20.0 Å². The number of unbranched alkanes of at least 4 members (excludes halogenated alkanes) is 21. The number of phosphoric acid groups is 1. The van der Waals surface area contributed by atoms with E-state index in [4.69, 9.17) is 9.05 Å². The first-order valence-electron chi connectivity index (χ1n) is 21.4. The average molecular weight is 755 g/mol. The number of hydrogen-bond donors (Lipinski definition) is 2. The Labute approximate surface area is 321 Å². The lowest BCUT2D eigenvalue weighted by Crippen LogP contribution is -2.45. The highest BCUT2D eigenvalue weighted by Crippen LogP contribution is 2.38. The number of carbonyl (C=O) groups is 1. The van der Waals surface area contributed by atoms with Crippen molar-refractivity contribution >= 4 is 13.7 Å². The molecule has 0 saturated heterocycles. The summed E-state index contributed by atoms with van der Waals surface area (Å²) >= 11 is 0. The van der Waals surface area contributed by atoms with Crippen molar-refractivity contribution in [3.8, 4) is 0 Å². The maximum atomic E-state index is 12.8. The smallest absolute Gasteiger partial charge is 0.268 e. The second-order valence-electron chi connectivity index (χ2n) is 15.7. The summed E-state index contributed by atoms with van der Waals surface area (Å²) in [5.74, 6) is -0.213. The third-order valence-corrected chi connectivity index (χ3v) is 10.3. The fourth-order valence-electron chi connectivity index (χ4n) is 5.87. The number of hydrogen-bond acceptors (Lipinski definition) is 6. The predicted octanol–water partition coefficient (Wildman–Crippen LogP) is 10.9. The molecule has 8 nitrogen and oxygen atoms in total. The average Bonchev–Trinajstić information content (AvgIpc) is 3.09. The van der Waals surface area contributed by atoms with E-state index in [9.17, 15) is 19.4 Å². The monoisotopic (exact) mass is 755 g/mol. The van der Waals surface area contributed by atoms with Gasteiger partial charge in [0.05, 0.1) is 39.9 Å². The Morgan fingerprint density at radius 2 is 1.13 bits per heavy atom. The fraction of sp³-hybridized carbons (Fsp3) is 0.837. The third kappa shape index (κ3) is 37.1. The summed E-state index contributed by atoms with van der Waals surface area (Å²) in [7, 11) is 1.25. The summed E-state index contributed by atoms with van der Waals surface area (Å²) in [5, 5.41) is 13.7. The number of nitrogens with one attached hydrogen (secondary N) is 1. The van der Waals surface area contributed by atoms with Gasteiger partial charge in [0.2, 0.25) is 5.91 Å². The van der Waals surface area contributed by atoms with Crippen LogP contribution in [0.1, 0.15) is 181 Å². The SMILES string of the molecule is CCCC/C=C\C/C=C\CCCCCCCC(=O)NC(COP(=O)([O-])OCC[N+](C)(C)C)C(O)/C=C/CCCCCCCCCCCCCCCC. The Morgan fingerprint density at radius 1 is 0.673 bits per heavy atom. The van der Waals surface area contributed by atoms with Crippen LogP contribution in [0.3, 0.4) is 0 Å². The summed E-state index contributed by atoms with van der Waals surface area (Å²) in [4.78, 5) is 25.2. The number of likely N-dealkylation sites (N-methyl/N-ethyl adjacent to an activating group) is 1. The lowest BCUT2D eigenvalue weighted by Gasteiger charge is -2.29. The molecule has 3 unspecified atom stereocenters. The second kappa shape index (κ2) is 35.4. The number of phosphoric ester groups is 1. The van der Waals surface area contributed by atoms with E-state index in [0.717, 1.165) is 64.2 Å². The van der Waals surface area contributed by atoms with Gasteiger partial charge in [0.25, 0.3) is 7.82 Å². The molecule has 0 fully saturated rings. The van der Waals surface area contributed by atoms with Crippen LogP contribution in [0.25, 0.3) is 0 Å². The predicted molar refractivity (Wildman–Crippen MR) is 219 cm³/mol. The van der Waals surface area contributed by atoms with Gasteiger partial charge in [-0.3, -0.25) is 9.36 Å². The van der Waals surface area contributed by atoms with Crippen LogP contribution in [0.5, 0.6) is 0 Å². The van der Waals surface area contributed by atoms with E-state index in [1.807, 2.05) is 27.2 Å². The van der Waals surface area contributed by atoms with Crippen molar-refractivity contribution in [1.29, 1.82) is 0 Å². The molecule has 2 N–H and O–H groups in total. The zero-order valence-corrected chi connectivity index (χ0v) is 35.4. The number of quaternary nitrogens is 1. The molecule has 0 bridgehead atoms. The van der Waals surface area contributed by atoms with Crippen LogP contribution in [0.2, 0.25) is 0 Å². The van der Waals surface area contributed by atoms with Gasteiger partial charge in [-0.15, -0.1) is 0 Å². The number of amides is 1. The number of allylic oxidation sites excluding steroid dienone is 5. The molecule has 0 spiro atoms. The van der Waals surface area contributed by atoms with Crippen molar-refractivity contribution in [2.45, 2.75) is 193 Å². The zero-order chi connectivity index (χ0) is 38.6. The highest BCUT2D eigenvalue weighted by molar-refractivity contribution is 7.45. The number of aliphatic hydroxyl groups excluding tert-OH is 1. The summed E-state index contributed by atoms with van der Waals surface area (Å²) in [6.45, 7) is 4.58. The van der Waals surface area contributed by atoms with Crippen LogP contribution in [-0.2, 0) is 18.4 Å². The molecule has 0 saturated carbocycles. The Hall–Kier alpha value is -1.28. The standard InChI is InChI=1S/C43H83N2O6P/c1-6-8-10-12-14-16-18-20-22-23-24-26-28-30-32-34-36-42(46)41(40-51-52(48,49)50-39-38-45(3,4)5)44-43(47)37-35-33-31-29-27-25-21-19-17-15-13-11-9-7-2/h13,15,19,21,34,36,41-42,46H,6-12,14,16-18,20,22-33,35,37-40H2,1-5H3,(H-,44,47,48,49)/b15-13-,21-19-,36-34+. The first-order chi connectivity index (χ1) is 25.0. The molecule has 306 valence electrons. The van der Waals surface area contributed by atoms with E-state index >= 15 is 0 Å². The molecule has 0 radical (unpaired) electrons. The van der Waals surface area contributed by atoms with Crippen molar-refractivity contribution in [2.24, 2.45) is 0 Å². The molecule has 0 aliphatic rings. The van der Waals surface area contributed by atoms with Gasteiger partial charge in [0.1, 0.15) is 13.2 Å². The molecule has 0 heterocycles. The lowest BCUT2D eigenvalue weighted by molar-refractivity contribution is -0.870. The van der Waals surface area contributed by atoms with Crippen LogP contribution in [0.4, 0.5) is 0 Å². The molecule has 52 heavy (non-hydrogen) atoms. The molecule has 0 rings (SSSR count). The topological polar surface area (TPSA) is 108 Å². The quantitative estimate of drug-likeness (QED) is 0.0281. The van der Waals surface area contributed by atoms with Gasteiger partial charge in [-0.1, -0.05) is 166 Å². The minimum absolute atomic E-state index is 0.00426. The van der Waals surface area contributed by atoms with Gasteiger partial charge in [-0.25, -0.2) is 0 Å². The summed E-state index contributed by atoms with van der Waals surface area (Å²) in [5.41, 5.74) is 0. The van der Waals surface area contributed by atoms with Crippen LogP contribution in [-0.4, -0.2) is 68.5 Å². The van der Waals surface area contributed by atoms with Gasteiger partial charge < -0.3 is 28.8 Å². The van der Waals surface area contributed by atoms with Crippen LogP contribution in [0.15, 0.2) is 36.5 Å². The molecule has 0 aliphatic heterocycles. The molecule has 0 aliphatic carbocycles. The molecule has 1 amide bonds. The number of aliphatic hydroxyl groups is 1. The van der Waals surface area contributed by atoms with Crippen molar-refractivity contribution in [3.63, 3.8) is 0 Å². The summed E-state index contributed by atoms with van der Waals surface area (Å²) in [6.07, 6.45) is 41.8. The number of nitrogens with zero attached hydrogens (tertiary/aromatic N) is 1. The van der Waals surface area contributed by atoms with E-state index in [2.05, 4.69) is 43.5 Å². The largest absolute Gasteiger partial charge is 0.756 e. The maximum Gasteiger partial charge on any atom is 0.268 e. The minimum Gasteiger partial charge on any atom is -0.756 e. The van der Waals surface area contributed by atoms with Crippen LogP contribution < -0.4 is 10.2 Å². The van der Waals surface area contributed by atoms with E-state index in [-0.39, 0.29) is 19.1 Å². The molecule has 0 aromatic carbocycles. The Balaban J connectivity index is 4.49. The van der Waals surface area contributed by atoms with Crippen LogP contribution in [0, 0.1) is 0 Å². The molecule has 3 atom stereocenters. The maximum absolute atomic E-state index is 12.8. The first kappa shape index (κ1) is 50.7. The van der Waals surface area contributed by atoms with Gasteiger partial charge in [0, 0.05) is 6.42 Å². The highest BCUT2D eigenvalue weighted by Gasteiger charge is 2.23. The van der Waals surface area contributed by atoms with E-state index in [0.29, 0.717) is 17.4 Å². The summed E-state index contributed by atoms with van der Waals surface area (Å²) in [6, 6.07) is -0.891. The minimum atomic E-state index is -4.59. The Bertz CT molecular complexity index is 948. The van der Waals surface area contributed by atoms with Crippen LogP contribution >= 0.6 is 7.82 Å². The number of rotatable bonds is 38. The lowest BCUT2D eigenvalue weighted by atomic mass is 10.0. The summed E-state index contributed by atoms with van der Waals surface area (Å²) < 4.78 is 23.1. The fourth-order valence-corrected chi connectivity index (χ4v) is 6.60. The molecule has 9 heteroatoms. The first-order valence-corrected chi connectivity index (χ1v) is 22.8. The zero-order valence-electron chi connectivity index (χ0n) is 34.5. The Kier molecular flexibility index (Phi) is 34.6. The van der Waals surface area contributed by atoms with Crippen molar-refractivity contribution < 1.29 is 32.9 Å². The Morgan fingerprint density at radius 3 is 1.65 bits per heavy atom. The second-order valence-corrected chi connectivity index (χ2v) is 17.1. The van der Waals surface area contributed by atoms with Crippen molar-refractivity contribution in [1.82, 2.24) is 5.32 Å². The van der Waals surface area contributed by atoms with Gasteiger partial charge in [-0.05, 0) is 44.9 Å². The molecule has 0 aromatic heterocycles. The van der Waals surface area contributed by atoms with Crippen molar-refractivity contribution in [3.05, 3.63) is 36.5 Å². The third-order valence-electron chi connectivity index (χ3n) is 9.34. The van der Waals surface area contributed by atoms with Gasteiger partial charge in [-0.2, -0.15) is 0 Å². The van der Waals surface area contributed by atoms with Crippen molar-refractivity contribution in [2.75, 3.05) is 40.9 Å². The molecular formula is C43H83N2O6P. The number of carbonyl (C=O) groups excluding carboxylic acids is 1. The normalized spacial score (nSPS) is 14.8. The molecular weight excluding hydrogens is 671 g/mol.